The molecule has 20 heavy (non-hydrogen) atoms. The second-order valence-electron chi connectivity index (χ2n) is 4.43. The zero-order chi connectivity index (χ0) is 13.5. The van der Waals surface area contributed by atoms with Gasteiger partial charge in [0.2, 0.25) is 5.91 Å². The molecule has 1 unspecified atom stereocenters. The van der Waals surface area contributed by atoms with Crippen molar-refractivity contribution in [3.05, 3.63) is 29.8 Å². The maximum atomic E-state index is 11.9. The van der Waals surface area contributed by atoms with Crippen molar-refractivity contribution in [3.8, 4) is 5.75 Å². The van der Waals surface area contributed by atoms with Gasteiger partial charge in [-0.3, -0.25) is 4.79 Å². The number of hydrogen-bond donors (Lipinski definition) is 2. The third-order valence-corrected chi connectivity index (χ3v) is 3.12. The van der Waals surface area contributed by atoms with E-state index in [-0.39, 0.29) is 24.4 Å². The summed E-state index contributed by atoms with van der Waals surface area (Å²) >= 11 is 0. The first kappa shape index (κ1) is 16.8. The number of benzene rings is 1. The summed E-state index contributed by atoms with van der Waals surface area (Å²) in [6.07, 6.45) is 0.753. The van der Waals surface area contributed by atoms with Crippen LogP contribution in [0.15, 0.2) is 24.3 Å². The number of halogens is 1. The normalized spacial score (nSPS) is 17.9. The van der Waals surface area contributed by atoms with Gasteiger partial charge in [-0.2, -0.15) is 0 Å². The third-order valence-electron chi connectivity index (χ3n) is 3.12. The molecule has 1 saturated heterocycles. The Morgan fingerprint density at radius 2 is 2.30 bits per heavy atom. The highest BCUT2D eigenvalue weighted by Crippen LogP contribution is 2.17. The molecule has 2 rings (SSSR count). The van der Waals surface area contributed by atoms with Crippen LogP contribution in [0.4, 0.5) is 0 Å². The van der Waals surface area contributed by atoms with Crippen LogP contribution in [0.2, 0.25) is 0 Å². The molecule has 1 atom stereocenters. The monoisotopic (exact) mass is 300 g/mol. The largest absolute Gasteiger partial charge is 0.496 e. The Labute approximate surface area is 125 Å². The molecule has 1 amide bonds. The number of nitrogens with one attached hydrogen (secondary N) is 2. The summed E-state index contributed by atoms with van der Waals surface area (Å²) in [5, 5.41) is 6.04. The number of methoxy groups -OCH3 is 1. The number of morpholine rings is 1. The molecule has 112 valence electrons. The van der Waals surface area contributed by atoms with Crippen LogP contribution in [0.1, 0.15) is 5.56 Å². The standard InChI is InChI=1S/C14H20N2O3.ClH/c1-18-13-5-3-2-4-11(13)6-7-16-14(17)12-10-19-9-8-15-12;/h2-5,12,15H,6-10H2,1H3,(H,16,17);1H. The predicted molar refractivity (Wildman–Crippen MR) is 79.6 cm³/mol. The zero-order valence-corrected chi connectivity index (χ0v) is 12.4. The van der Waals surface area contributed by atoms with E-state index in [4.69, 9.17) is 9.47 Å². The summed E-state index contributed by atoms with van der Waals surface area (Å²) in [5.41, 5.74) is 1.10. The zero-order valence-electron chi connectivity index (χ0n) is 11.6. The second-order valence-corrected chi connectivity index (χ2v) is 4.43. The van der Waals surface area contributed by atoms with Gasteiger partial charge >= 0.3 is 0 Å². The van der Waals surface area contributed by atoms with Crippen LogP contribution in [-0.4, -0.2) is 45.4 Å². The van der Waals surface area contributed by atoms with E-state index >= 15 is 0 Å². The van der Waals surface area contributed by atoms with E-state index in [0.717, 1.165) is 24.3 Å². The smallest absolute Gasteiger partial charge is 0.239 e. The van der Waals surface area contributed by atoms with Gasteiger partial charge in [0, 0.05) is 13.1 Å². The Bertz CT molecular complexity index is 423. The van der Waals surface area contributed by atoms with Gasteiger partial charge in [-0.15, -0.1) is 12.4 Å². The number of rotatable bonds is 5. The molecule has 1 heterocycles. The van der Waals surface area contributed by atoms with E-state index in [1.807, 2.05) is 24.3 Å². The molecule has 1 aliphatic rings. The van der Waals surface area contributed by atoms with Gasteiger partial charge in [0.25, 0.3) is 0 Å². The third kappa shape index (κ3) is 4.67. The van der Waals surface area contributed by atoms with Gasteiger partial charge in [0.05, 0.1) is 20.3 Å². The average Bonchev–Trinajstić information content (AvgIpc) is 2.48. The van der Waals surface area contributed by atoms with Crippen molar-refractivity contribution < 1.29 is 14.3 Å². The molecule has 0 spiro atoms. The molecule has 0 radical (unpaired) electrons. The maximum Gasteiger partial charge on any atom is 0.239 e. The topological polar surface area (TPSA) is 59.6 Å². The van der Waals surface area contributed by atoms with Crippen molar-refractivity contribution in [3.63, 3.8) is 0 Å². The minimum Gasteiger partial charge on any atom is -0.496 e. The van der Waals surface area contributed by atoms with Crippen LogP contribution < -0.4 is 15.4 Å². The van der Waals surface area contributed by atoms with Crippen LogP contribution in [-0.2, 0) is 16.0 Å². The van der Waals surface area contributed by atoms with Crippen LogP contribution in [0, 0.1) is 0 Å². The number of carbonyl (C=O) groups excluding carboxylic acids is 1. The van der Waals surface area contributed by atoms with E-state index in [0.29, 0.717) is 19.8 Å². The predicted octanol–water partition coefficient (Wildman–Crippen LogP) is 0.764. The van der Waals surface area contributed by atoms with Crippen LogP contribution in [0.25, 0.3) is 0 Å². The molecule has 6 heteroatoms. The molecule has 0 bridgehead atoms. The summed E-state index contributed by atoms with van der Waals surface area (Å²) in [4.78, 5) is 11.9. The van der Waals surface area contributed by atoms with E-state index in [1.165, 1.54) is 0 Å². The van der Waals surface area contributed by atoms with Gasteiger partial charge < -0.3 is 20.1 Å². The number of carbonyl (C=O) groups is 1. The number of ether oxygens (including phenoxy) is 2. The molecular weight excluding hydrogens is 280 g/mol. The fourth-order valence-corrected chi connectivity index (χ4v) is 2.09. The van der Waals surface area contributed by atoms with Crippen molar-refractivity contribution in [2.75, 3.05) is 33.4 Å². The van der Waals surface area contributed by atoms with Crippen molar-refractivity contribution in [2.24, 2.45) is 0 Å². The van der Waals surface area contributed by atoms with Crippen molar-refractivity contribution in [1.29, 1.82) is 0 Å². The molecule has 0 aliphatic carbocycles. The van der Waals surface area contributed by atoms with Crippen molar-refractivity contribution in [2.45, 2.75) is 12.5 Å². The van der Waals surface area contributed by atoms with Crippen LogP contribution >= 0.6 is 12.4 Å². The molecule has 0 saturated carbocycles. The Hall–Kier alpha value is -1.30. The Balaban J connectivity index is 0.00000200. The second kappa shape index (κ2) is 8.79. The summed E-state index contributed by atoms with van der Waals surface area (Å²) in [6, 6.07) is 7.60. The molecular formula is C14H21ClN2O3. The molecule has 2 N–H and O–H groups in total. The molecule has 1 aliphatic heterocycles. The lowest BCUT2D eigenvalue weighted by Gasteiger charge is -2.22. The lowest BCUT2D eigenvalue weighted by molar-refractivity contribution is -0.125. The number of amides is 1. The number of hydrogen-bond acceptors (Lipinski definition) is 4. The Kier molecular flexibility index (Phi) is 7.36. The summed E-state index contributed by atoms with van der Waals surface area (Å²) < 4.78 is 10.5. The Morgan fingerprint density at radius 3 is 3.00 bits per heavy atom. The Morgan fingerprint density at radius 1 is 1.50 bits per heavy atom. The minimum absolute atomic E-state index is 0. The first-order valence-corrected chi connectivity index (χ1v) is 6.52. The molecule has 5 nitrogen and oxygen atoms in total. The lowest BCUT2D eigenvalue weighted by atomic mass is 10.1. The highest BCUT2D eigenvalue weighted by atomic mass is 35.5. The van der Waals surface area contributed by atoms with E-state index in [9.17, 15) is 4.79 Å². The molecule has 1 aromatic carbocycles. The maximum absolute atomic E-state index is 11.9. The minimum atomic E-state index is -0.230. The first-order chi connectivity index (χ1) is 9.31. The van der Waals surface area contributed by atoms with Crippen LogP contribution in [0.3, 0.4) is 0 Å². The molecule has 1 fully saturated rings. The fraction of sp³-hybridized carbons (Fsp3) is 0.500. The average molecular weight is 301 g/mol. The molecule has 0 aromatic heterocycles. The SMILES string of the molecule is COc1ccccc1CCNC(=O)C1COCCN1.Cl. The number of para-hydroxylation sites is 1. The van der Waals surface area contributed by atoms with Gasteiger partial charge in [0.15, 0.2) is 0 Å². The lowest BCUT2D eigenvalue weighted by Crippen LogP contribution is -2.51. The van der Waals surface area contributed by atoms with E-state index in [2.05, 4.69) is 10.6 Å². The van der Waals surface area contributed by atoms with Crippen molar-refractivity contribution >= 4 is 18.3 Å². The quantitative estimate of drug-likeness (QED) is 0.843. The van der Waals surface area contributed by atoms with Gasteiger partial charge in [-0.25, -0.2) is 0 Å². The van der Waals surface area contributed by atoms with Crippen molar-refractivity contribution in [1.82, 2.24) is 10.6 Å². The van der Waals surface area contributed by atoms with Gasteiger partial charge in [0.1, 0.15) is 11.8 Å². The highest BCUT2D eigenvalue weighted by Gasteiger charge is 2.20. The summed E-state index contributed by atoms with van der Waals surface area (Å²) in [5.74, 6) is 0.852. The first-order valence-electron chi connectivity index (χ1n) is 6.52. The highest BCUT2D eigenvalue weighted by molar-refractivity contribution is 5.85. The van der Waals surface area contributed by atoms with Crippen LogP contribution in [0.5, 0.6) is 5.75 Å². The van der Waals surface area contributed by atoms with E-state index < -0.39 is 0 Å². The van der Waals surface area contributed by atoms with Gasteiger partial charge in [-0.05, 0) is 18.1 Å². The van der Waals surface area contributed by atoms with Gasteiger partial charge in [-0.1, -0.05) is 18.2 Å². The van der Waals surface area contributed by atoms with E-state index in [1.54, 1.807) is 7.11 Å². The summed E-state index contributed by atoms with van der Waals surface area (Å²) in [6.45, 7) is 2.44. The fourth-order valence-electron chi connectivity index (χ4n) is 2.09. The summed E-state index contributed by atoms with van der Waals surface area (Å²) in [7, 11) is 1.65. The molecule has 1 aromatic rings.